The summed E-state index contributed by atoms with van der Waals surface area (Å²) < 4.78 is 2.08. The monoisotopic (exact) mass is 257 g/mol. The van der Waals surface area contributed by atoms with Crippen LogP contribution >= 0.6 is 0 Å². The first-order chi connectivity index (χ1) is 9.22. The molecule has 1 aliphatic rings. The Hall–Kier alpha value is -1.75. The lowest BCUT2D eigenvalue weighted by molar-refractivity contribution is 0.313. The first-order valence-corrected chi connectivity index (χ1v) is 6.70. The number of nitrogens with zero attached hydrogens (tertiary/aromatic N) is 5. The van der Waals surface area contributed by atoms with Crippen LogP contribution < -0.4 is 0 Å². The van der Waals surface area contributed by atoms with Crippen molar-refractivity contribution in [1.29, 1.82) is 0 Å². The van der Waals surface area contributed by atoms with Gasteiger partial charge < -0.3 is 4.57 Å². The molecule has 1 saturated heterocycles. The fraction of sp³-hybridized carbons (Fsp3) is 0.500. The molecule has 0 amide bonds. The molecule has 0 radical (unpaired) electrons. The van der Waals surface area contributed by atoms with Crippen LogP contribution in [0.5, 0.6) is 0 Å². The molecule has 0 spiro atoms. The molecular weight excluding hydrogens is 238 g/mol. The van der Waals surface area contributed by atoms with Crippen molar-refractivity contribution in [1.82, 2.24) is 24.4 Å². The van der Waals surface area contributed by atoms with Crippen molar-refractivity contribution in [3.8, 4) is 0 Å². The van der Waals surface area contributed by atoms with Gasteiger partial charge in [0, 0.05) is 43.8 Å². The smallest absolute Gasteiger partial charge is 0.132 e. The predicted octanol–water partition coefficient (Wildman–Crippen LogP) is 1.51. The number of likely N-dealkylation sites (tertiary alicyclic amines) is 1. The second kappa shape index (κ2) is 5.09. The summed E-state index contributed by atoms with van der Waals surface area (Å²) in [6, 6.07) is 1.95. The van der Waals surface area contributed by atoms with Crippen LogP contribution in [0, 0.1) is 6.92 Å². The number of aryl methyl sites for hydroxylation is 2. The van der Waals surface area contributed by atoms with E-state index in [0.717, 1.165) is 43.4 Å². The number of aromatic nitrogens is 4. The lowest BCUT2D eigenvalue weighted by Crippen LogP contribution is -2.22. The van der Waals surface area contributed by atoms with E-state index in [-0.39, 0.29) is 0 Å². The lowest BCUT2D eigenvalue weighted by atomic mass is 10.1. The zero-order valence-corrected chi connectivity index (χ0v) is 11.5. The lowest BCUT2D eigenvalue weighted by Gasteiger charge is -2.15. The van der Waals surface area contributed by atoms with Gasteiger partial charge in [-0.2, -0.15) is 0 Å². The van der Waals surface area contributed by atoms with Gasteiger partial charge in [-0.25, -0.2) is 15.0 Å². The second-order valence-electron chi connectivity index (χ2n) is 5.23. The third kappa shape index (κ3) is 2.66. The zero-order valence-electron chi connectivity index (χ0n) is 11.5. The van der Waals surface area contributed by atoms with Crippen LogP contribution in [0.1, 0.15) is 29.7 Å². The van der Waals surface area contributed by atoms with Crippen molar-refractivity contribution in [2.75, 3.05) is 13.1 Å². The molecule has 0 aromatic carbocycles. The van der Waals surface area contributed by atoms with E-state index in [0.29, 0.717) is 5.92 Å². The zero-order chi connectivity index (χ0) is 13.2. The van der Waals surface area contributed by atoms with Crippen molar-refractivity contribution in [3.63, 3.8) is 0 Å². The Bertz CT molecular complexity index is 562. The van der Waals surface area contributed by atoms with Crippen molar-refractivity contribution in [2.24, 2.45) is 7.05 Å². The minimum Gasteiger partial charge on any atom is -0.337 e. The standard InChI is InChI=1S/C14H19N5/c1-11-3-5-16-14(17-11)12-4-7-19(9-12)10-13-15-6-8-18(13)2/h3,5-6,8,12H,4,7,9-10H2,1-2H3. The molecule has 5 heteroatoms. The topological polar surface area (TPSA) is 46.8 Å². The highest BCUT2D eigenvalue weighted by Crippen LogP contribution is 2.25. The fourth-order valence-electron chi connectivity index (χ4n) is 2.60. The van der Waals surface area contributed by atoms with E-state index in [9.17, 15) is 0 Å². The highest BCUT2D eigenvalue weighted by atomic mass is 15.2. The maximum absolute atomic E-state index is 4.55. The molecule has 0 bridgehead atoms. The maximum atomic E-state index is 4.55. The summed E-state index contributed by atoms with van der Waals surface area (Å²) in [6.07, 6.45) is 6.84. The summed E-state index contributed by atoms with van der Waals surface area (Å²) in [6.45, 7) is 5.04. The normalized spacial score (nSPS) is 20.0. The summed E-state index contributed by atoms with van der Waals surface area (Å²) >= 11 is 0. The quantitative estimate of drug-likeness (QED) is 0.836. The molecule has 19 heavy (non-hydrogen) atoms. The number of hydrogen-bond acceptors (Lipinski definition) is 4. The van der Waals surface area contributed by atoms with Crippen molar-refractivity contribution < 1.29 is 0 Å². The molecule has 5 nitrogen and oxygen atoms in total. The van der Waals surface area contributed by atoms with E-state index < -0.39 is 0 Å². The minimum atomic E-state index is 0.458. The van der Waals surface area contributed by atoms with E-state index in [2.05, 4.69) is 24.4 Å². The van der Waals surface area contributed by atoms with Gasteiger partial charge >= 0.3 is 0 Å². The first kappa shape index (κ1) is 12.3. The van der Waals surface area contributed by atoms with Crippen LogP contribution in [0.25, 0.3) is 0 Å². The number of rotatable bonds is 3. The SMILES string of the molecule is Cc1ccnc(C2CCN(Cc3nccn3C)C2)n1. The summed E-state index contributed by atoms with van der Waals surface area (Å²) in [4.78, 5) is 15.8. The molecule has 0 N–H and O–H groups in total. The Kier molecular flexibility index (Phi) is 3.29. The van der Waals surface area contributed by atoms with Crippen LogP contribution in [-0.4, -0.2) is 37.5 Å². The predicted molar refractivity (Wildman–Crippen MR) is 72.6 cm³/mol. The van der Waals surface area contributed by atoms with Gasteiger partial charge in [0.05, 0.1) is 6.54 Å². The molecule has 2 aromatic heterocycles. The average Bonchev–Trinajstić information content (AvgIpc) is 3.00. The number of imidazole rings is 1. The van der Waals surface area contributed by atoms with Gasteiger partial charge in [-0.15, -0.1) is 0 Å². The van der Waals surface area contributed by atoms with Crippen LogP contribution in [0.2, 0.25) is 0 Å². The molecule has 100 valence electrons. The minimum absolute atomic E-state index is 0.458. The number of hydrogen-bond donors (Lipinski definition) is 0. The molecule has 2 aromatic rings. The van der Waals surface area contributed by atoms with E-state index in [1.165, 1.54) is 0 Å². The first-order valence-electron chi connectivity index (χ1n) is 6.70. The molecule has 1 aliphatic heterocycles. The highest BCUT2D eigenvalue weighted by Gasteiger charge is 2.26. The van der Waals surface area contributed by atoms with Crippen LogP contribution in [-0.2, 0) is 13.6 Å². The highest BCUT2D eigenvalue weighted by molar-refractivity contribution is 5.07. The van der Waals surface area contributed by atoms with Gasteiger partial charge in [0.15, 0.2) is 0 Å². The Morgan fingerprint density at radius 3 is 2.95 bits per heavy atom. The van der Waals surface area contributed by atoms with Crippen LogP contribution in [0.4, 0.5) is 0 Å². The van der Waals surface area contributed by atoms with Crippen LogP contribution in [0.3, 0.4) is 0 Å². The van der Waals surface area contributed by atoms with Gasteiger partial charge in [-0.3, -0.25) is 4.90 Å². The molecule has 1 fully saturated rings. The average molecular weight is 257 g/mol. The van der Waals surface area contributed by atoms with Gasteiger partial charge in [-0.05, 0) is 26.0 Å². The summed E-state index contributed by atoms with van der Waals surface area (Å²) in [5.74, 6) is 2.56. The summed E-state index contributed by atoms with van der Waals surface area (Å²) in [7, 11) is 2.04. The molecule has 1 atom stereocenters. The van der Waals surface area contributed by atoms with E-state index in [4.69, 9.17) is 0 Å². The van der Waals surface area contributed by atoms with Crippen LogP contribution in [0.15, 0.2) is 24.7 Å². The van der Waals surface area contributed by atoms with Crippen molar-refractivity contribution in [3.05, 3.63) is 42.0 Å². The second-order valence-corrected chi connectivity index (χ2v) is 5.23. The molecule has 0 saturated carbocycles. The fourth-order valence-corrected chi connectivity index (χ4v) is 2.60. The van der Waals surface area contributed by atoms with E-state index in [1.54, 1.807) is 0 Å². The van der Waals surface area contributed by atoms with Crippen molar-refractivity contribution >= 4 is 0 Å². The van der Waals surface area contributed by atoms with Crippen molar-refractivity contribution in [2.45, 2.75) is 25.8 Å². The Morgan fingerprint density at radius 2 is 2.21 bits per heavy atom. The molecule has 1 unspecified atom stereocenters. The Labute approximate surface area is 113 Å². The Morgan fingerprint density at radius 1 is 1.32 bits per heavy atom. The third-order valence-electron chi connectivity index (χ3n) is 3.74. The third-order valence-corrected chi connectivity index (χ3v) is 3.74. The van der Waals surface area contributed by atoms with E-state index >= 15 is 0 Å². The molecule has 0 aliphatic carbocycles. The summed E-state index contributed by atoms with van der Waals surface area (Å²) in [5, 5.41) is 0. The maximum Gasteiger partial charge on any atom is 0.132 e. The van der Waals surface area contributed by atoms with Gasteiger partial charge in [0.25, 0.3) is 0 Å². The molecular formula is C14H19N5. The summed E-state index contributed by atoms with van der Waals surface area (Å²) in [5.41, 5.74) is 1.05. The molecule has 3 rings (SSSR count). The van der Waals surface area contributed by atoms with Gasteiger partial charge in [0.1, 0.15) is 11.6 Å². The van der Waals surface area contributed by atoms with Gasteiger partial charge in [-0.1, -0.05) is 0 Å². The van der Waals surface area contributed by atoms with E-state index in [1.807, 2.05) is 38.6 Å². The molecule has 3 heterocycles. The largest absolute Gasteiger partial charge is 0.337 e. The van der Waals surface area contributed by atoms with Gasteiger partial charge in [0.2, 0.25) is 0 Å². The Balaban J connectivity index is 1.66.